The van der Waals surface area contributed by atoms with Crippen LogP contribution in [0.4, 0.5) is 0 Å². The van der Waals surface area contributed by atoms with Crippen LogP contribution in [-0.4, -0.2) is 28.8 Å². The normalized spacial score (nSPS) is 15.1. The molecule has 2 aromatic carbocycles. The number of rotatable bonds is 7. The lowest BCUT2D eigenvalue weighted by Gasteiger charge is -2.30. The van der Waals surface area contributed by atoms with Gasteiger partial charge in [0.2, 0.25) is 11.8 Å². The molecule has 1 N–H and O–H groups in total. The molecule has 0 spiro atoms. The van der Waals surface area contributed by atoms with E-state index < -0.39 is 6.04 Å². The topological polar surface area (TPSA) is 49.4 Å². The van der Waals surface area contributed by atoms with E-state index >= 15 is 0 Å². The molecule has 2 amide bonds. The molecule has 3 rings (SSSR count). The van der Waals surface area contributed by atoms with Crippen molar-refractivity contribution >= 4 is 23.4 Å². The zero-order chi connectivity index (χ0) is 21.7. The van der Waals surface area contributed by atoms with E-state index in [4.69, 9.17) is 11.6 Å². The minimum Gasteiger partial charge on any atom is -0.352 e. The summed E-state index contributed by atoms with van der Waals surface area (Å²) in [6.45, 7) is 6.20. The van der Waals surface area contributed by atoms with Crippen molar-refractivity contribution < 1.29 is 9.59 Å². The van der Waals surface area contributed by atoms with Crippen LogP contribution in [0.25, 0.3) is 0 Å². The number of hydrogen-bond donors (Lipinski definition) is 1. The number of halogens is 1. The third-order valence-corrected chi connectivity index (χ3v) is 6.19. The molecule has 5 heteroatoms. The molecule has 1 atom stereocenters. The number of hydrogen-bond acceptors (Lipinski definition) is 2. The molecule has 2 aromatic rings. The SMILES string of the molecule is Cc1ccc(C)c(CC(=O)N(Cc2cccc(Cl)c2)C(C)C(=O)NC2CCCC2)c1. The Morgan fingerprint density at radius 2 is 1.87 bits per heavy atom. The molecule has 0 heterocycles. The van der Waals surface area contributed by atoms with E-state index in [1.54, 1.807) is 4.90 Å². The third-order valence-electron chi connectivity index (χ3n) is 5.96. The average molecular weight is 427 g/mol. The van der Waals surface area contributed by atoms with E-state index in [1.807, 2.05) is 63.2 Å². The predicted molar refractivity (Wildman–Crippen MR) is 121 cm³/mol. The van der Waals surface area contributed by atoms with Gasteiger partial charge < -0.3 is 10.2 Å². The molecule has 0 saturated heterocycles. The molecule has 30 heavy (non-hydrogen) atoms. The van der Waals surface area contributed by atoms with Crippen LogP contribution in [0, 0.1) is 13.8 Å². The predicted octanol–water partition coefficient (Wildman–Crippen LogP) is 4.98. The lowest BCUT2D eigenvalue weighted by Crippen LogP contribution is -2.50. The van der Waals surface area contributed by atoms with Gasteiger partial charge in [0.25, 0.3) is 0 Å². The molecule has 0 bridgehead atoms. The summed E-state index contributed by atoms with van der Waals surface area (Å²) in [5.41, 5.74) is 4.12. The number of nitrogens with zero attached hydrogens (tertiary/aromatic N) is 1. The van der Waals surface area contributed by atoms with Gasteiger partial charge >= 0.3 is 0 Å². The Balaban J connectivity index is 1.80. The molecule has 1 aliphatic rings. The second kappa shape index (κ2) is 10.1. The van der Waals surface area contributed by atoms with Crippen LogP contribution < -0.4 is 5.32 Å². The molecule has 1 unspecified atom stereocenters. The molecule has 0 aliphatic heterocycles. The fraction of sp³-hybridized carbons (Fsp3) is 0.440. The maximum Gasteiger partial charge on any atom is 0.242 e. The molecule has 1 aliphatic carbocycles. The number of nitrogens with one attached hydrogen (secondary N) is 1. The number of carbonyl (C=O) groups excluding carboxylic acids is 2. The van der Waals surface area contributed by atoms with Gasteiger partial charge in [-0.1, -0.05) is 60.3 Å². The van der Waals surface area contributed by atoms with Crippen molar-refractivity contribution in [2.75, 3.05) is 0 Å². The van der Waals surface area contributed by atoms with Crippen molar-refractivity contribution in [2.24, 2.45) is 0 Å². The summed E-state index contributed by atoms with van der Waals surface area (Å²) in [7, 11) is 0. The third kappa shape index (κ3) is 5.85. The van der Waals surface area contributed by atoms with Crippen molar-refractivity contribution in [3.63, 3.8) is 0 Å². The smallest absolute Gasteiger partial charge is 0.242 e. The van der Waals surface area contributed by atoms with Gasteiger partial charge in [-0.3, -0.25) is 9.59 Å². The van der Waals surface area contributed by atoms with Crippen LogP contribution in [0.2, 0.25) is 5.02 Å². The van der Waals surface area contributed by atoms with Crippen LogP contribution in [0.3, 0.4) is 0 Å². The van der Waals surface area contributed by atoms with Crippen molar-refractivity contribution in [2.45, 2.75) is 71.5 Å². The van der Waals surface area contributed by atoms with Crippen LogP contribution in [0.1, 0.15) is 54.9 Å². The minimum absolute atomic E-state index is 0.0576. The highest BCUT2D eigenvalue weighted by atomic mass is 35.5. The Hall–Kier alpha value is -2.33. The lowest BCUT2D eigenvalue weighted by atomic mass is 10.0. The van der Waals surface area contributed by atoms with Crippen molar-refractivity contribution in [3.8, 4) is 0 Å². The fourth-order valence-corrected chi connectivity index (χ4v) is 4.27. The maximum atomic E-state index is 13.4. The summed E-state index contributed by atoms with van der Waals surface area (Å²) in [5, 5.41) is 3.76. The molecule has 160 valence electrons. The summed E-state index contributed by atoms with van der Waals surface area (Å²) in [5.74, 6) is -0.143. The largest absolute Gasteiger partial charge is 0.352 e. The molecule has 4 nitrogen and oxygen atoms in total. The van der Waals surface area contributed by atoms with E-state index in [9.17, 15) is 9.59 Å². The Morgan fingerprint density at radius 1 is 1.13 bits per heavy atom. The Labute approximate surface area is 184 Å². The van der Waals surface area contributed by atoms with Gasteiger partial charge in [-0.2, -0.15) is 0 Å². The zero-order valence-electron chi connectivity index (χ0n) is 18.1. The van der Waals surface area contributed by atoms with Crippen molar-refractivity contribution in [3.05, 3.63) is 69.7 Å². The first-order chi connectivity index (χ1) is 14.3. The second-order valence-electron chi connectivity index (χ2n) is 8.42. The first-order valence-electron chi connectivity index (χ1n) is 10.7. The highest BCUT2D eigenvalue weighted by Gasteiger charge is 2.28. The molecule has 0 aromatic heterocycles. The highest BCUT2D eigenvalue weighted by Crippen LogP contribution is 2.20. The summed E-state index contributed by atoms with van der Waals surface area (Å²) in [4.78, 5) is 28.0. The average Bonchev–Trinajstić information content (AvgIpc) is 3.21. The summed E-state index contributed by atoms with van der Waals surface area (Å²) in [6, 6.07) is 13.3. The number of aryl methyl sites for hydroxylation is 2. The van der Waals surface area contributed by atoms with E-state index in [0.29, 0.717) is 11.6 Å². The van der Waals surface area contributed by atoms with Gasteiger partial charge in [0, 0.05) is 17.6 Å². The Bertz CT molecular complexity index is 906. The van der Waals surface area contributed by atoms with Crippen LogP contribution in [-0.2, 0) is 22.6 Å². The quantitative estimate of drug-likeness (QED) is 0.679. The van der Waals surface area contributed by atoms with Gasteiger partial charge in [0.1, 0.15) is 6.04 Å². The first kappa shape index (κ1) is 22.4. The summed E-state index contributed by atoms with van der Waals surface area (Å²) >= 11 is 6.15. The first-order valence-corrected chi connectivity index (χ1v) is 11.1. The van der Waals surface area contributed by atoms with Gasteiger partial charge in [-0.05, 0) is 62.4 Å². The Kier molecular flexibility index (Phi) is 7.54. The van der Waals surface area contributed by atoms with E-state index in [2.05, 4.69) is 5.32 Å². The molecular formula is C25H31ClN2O2. The maximum absolute atomic E-state index is 13.4. The molecule has 1 fully saturated rings. The molecular weight excluding hydrogens is 396 g/mol. The minimum atomic E-state index is -0.554. The fourth-order valence-electron chi connectivity index (χ4n) is 4.06. The number of amides is 2. The number of carbonyl (C=O) groups is 2. The van der Waals surface area contributed by atoms with Gasteiger partial charge in [-0.15, -0.1) is 0 Å². The van der Waals surface area contributed by atoms with E-state index in [1.165, 1.54) is 0 Å². The second-order valence-corrected chi connectivity index (χ2v) is 8.86. The van der Waals surface area contributed by atoms with Crippen molar-refractivity contribution in [1.82, 2.24) is 10.2 Å². The van der Waals surface area contributed by atoms with Crippen LogP contribution in [0.5, 0.6) is 0 Å². The molecule has 0 radical (unpaired) electrons. The van der Waals surface area contributed by atoms with E-state index in [-0.39, 0.29) is 24.3 Å². The van der Waals surface area contributed by atoms with Gasteiger partial charge in [0.05, 0.1) is 6.42 Å². The molecule has 1 saturated carbocycles. The number of benzene rings is 2. The van der Waals surface area contributed by atoms with Gasteiger partial charge in [0.15, 0.2) is 0 Å². The Morgan fingerprint density at radius 3 is 2.57 bits per heavy atom. The van der Waals surface area contributed by atoms with Gasteiger partial charge in [-0.25, -0.2) is 0 Å². The zero-order valence-corrected chi connectivity index (χ0v) is 18.8. The van der Waals surface area contributed by atoms with Crippen LogP contribution >= 0.6 is 11.6 Å². The summed E-state index contributed by atoms with van der Waals surface area (Å²) in [6.07, 6.45) is 4.61. The standard InChI is InChI=1S/C25H31ClN2O2/c1-17-11-12-18(2)21(13-17)15-24(29)28(16-20-7-6-8-22(26)14-20)19(3)25(30)27-23-9-4-5-10-23/h6-8,11-14,19,23H,4-5,9-10,15-16H2,1-3H3,(H,27,30). The lowest BCUT2D eigenvalue weighted by molar-refractivity contribution is -0.140. The summed E-state index contributed by atoms with van der Waals surface area (Å²) < 4.78 is 0. The monoisotopic (exact) mass is 426 g/mol. The highest BCUT2D eigenvalue weighted by molar-refractivity contribution is 6.30. The van der Waals surface area contributed by atoms with Crippen molar-refractivity contribution in [1.29, 1.82) is 0 Å². The van der Waals surface area contributed by atoms with Crippen LogP contribution in [0.15, 0.2) is 42.5 Å². The van der Waals surface area contributed by atoms with E-state index in [0.717, 1.165) is 47.9 Å².